The van der Waals surface area contributed by atoms with Crippen molar-refractivity contribution < 1.29 is 53.5 Å². The number of halogens is 13. The highest BCUT2D eigenvalue weighted by molar-refractivity contribution is 9.10. The van der Waals surface area contributed by atoms with Crippen LogP contribution in [0.1, 0.15) is 33.0 Å². The predicted octanol–water partition coefficient (Wildman–Crippen LogP) is 8.82. The zero-order chi connectivity index (χ0) is 30.8. The lowest BCUT2D eigenvalue weighted by atomic mass is 9.95. The van der Waals surface area contributed by atoms with Crippen LogP contribution in [0.3, 0.4) is 0 Å². The van der Waals surface area contributed by atoms with E-state index in [9.17, 15) is 53.5 Å². The second kappa shape index (κ2) is 12.6. The third-order valence-electron chi connectivity index (χ3n) is 5.10. The molecule has 220 valence electrons. The number of carbonyl (C=O) groups is 2. The van der Waals surface area contributed by atoms with Gasteiger partial charge >= 0.3 is 24.6 Å². The molecular formula is C23H15BrCl2F10N2O2. The van der Waals surface area contributed by atoms with Crippen LogP contribution in [0, 0.1) is 0 Å². The third kappa shape index (κ3) is 8.99. The summed E-state index contributed by atoms with van der Waals surface area (Å²) >= 11 is 14.6. The van der Waals surface area contributed by atoms with Crippen molar-refractivity contribution in [1.82, 2.24) is 10.2 Å². The highest BCUT2D eigenvalue weighted by Crippen LogP contribution is 2.43. The molecule has 2 aromatic rings. The van der Waals surface area contributed by atoms with Crippen LogP contribution in [0.5, 0.6) is 0 Å². The monoisotopic (exact) mass is 690 g/mol. The Hall–Kier alpha value is -2.52. The number of allylic oxidation sites excluding steroid dienone is 1. The van der Waals surface area contributed by atoms with E-state index in [1.807, 2.05) is 0 Å². The summed E-state index contributed by atoms with van der Waals surface area (Å²) in [5.41, 5.74) is -4.43. The SMILES string of the molecule is CN(CC(=O)c1ccc(/C(F)=C/C(c2cc(Cl)c(Br)c(Cl)c2)C(F)(F)F)cc1C(F)(F)F)C(=O)NCC(F)(F)F. The average molecular weight is 692 g/mol. The van der Waals surface area contributed by atoms with Crippen LogP contribution < -0.4 is 5.32 Å². The van der Waals surface area contributed by atoms with Gasteiger partial charge < -0.3 is 10.2 Å². The molecule has 0 saturated carbocycles. The quantitative estimate of drug-likeness (QED) is 0.179. The molecule has 2 amide bonds. The van der Waals surface area contributed by atoms with Gasteiger partial charge in [0.25, 0.3) is 0 Å². The van der Waals surface area contributed by atoms with Crippen molar-refractivity contribution in [2.24, 2.45) is 0 Å². The van der Waals surface area contributed by atoms with Gasteiger partial charge in [0.2, 0.25) is 0 Å². The molecule has 1 unspecified atom stereocenters. The molecule has 0 spiro atoms. The fourth-order valence-electron chi connectivity index (χ4n) is 3.23. The highest BCUT2D eigenvalue weighted by atomic mass is 79.9. The van der Waals surface area contributed by atoms with E-state index in [0.717, 1.165) is 19.2 Å². The molecule has 1 atom stereocenters. The van der Waals surface area contributed by atoms with E-state index in [0.29, 0.717) is 17.0 Å². The van der Waals surface area contributed by atoms with Gasteiger partial charge in [-0.25, -0.2) is 9.18 Å². The Bertz CT molecular complexity index is 1290. The first kappa shape index (κ1) is 33.7. The van der Waals surface area contributed by atoms with Gasteiger partial charge in [0.1, 0.15) is 18.3 Å². The van der Waals surface area contributed by atoms with E-state index in [1.165, 1.54) is 5.32 Å². The molecule has 0 saturated heterocycles. The molecule has 0 aliphatic rings. The Balaban J connectivity index is 2.45. The van der Waals surface area contributed by atoms with Crippen LogP contribution in [0.15, 0.2) is 40.9 Å². The van der Waals surface area contributed by atoms with Gasteiger partial charge in [-0.2, -0.15) is 39.5 Å². The van der Waals surface area contributed by atoms with E-state index in [2.05, 4.69) is 15.9 Å². The number of hydrogen-bond donors (Lipinski definition) is 1. The molecule has 0 heterocycles. The largest absolute Gasteiger partial charge is 0.417 e. The number of ketones is 1. The summed E-state index contributed by atoms with van der Waals surface area (Å²) < 4.78 is 134. The molecular weight excluding hydrogens is 677 g/mol. The van der Waals surface area contributed by atoms with Crippen molar-refractivity contribution in [2.45, 2.75) is 24.4 Å². The summed E-state index contributed by atoms with van der Waals surface area (Å²) in [4.78, 5) is 24.6. The fraction of sp³-hybridized carbons (Fsp3) is 0.304. The summed E-state index contributed by atoms with van der Waals surface area (Å²) in [5.74, 6) is -5.80. The minimum Gasteiger partial charge on any atom is -0.329 e. The molecule has 0 aromatic heterocycles. The molecule has 2 aromatic carbocycles. The average Bonchev–Trinajstić information content (AvgIpc) is 2.81. The molecule has 0 bridgehead atoms. The number of carbonyl (C=O) groups excluding carboxylic acids is 2. The second-order valence-electron chi connectivity index (χ2n) is 8.14. The van der Waals surface area contributed by atoms with E-state index >= 15 is 0 Å². The molecule has 0 aliphatic carbocycles. The fourth-order valence-corrected chi connectivity index (χ4v) is 3.96. The van der Waals surface area contributed by atoms with Gasteiger partial charge in [-0.15, -0.1) is 0 Å². The number of hydrogen-bond acceptors (Lipinski definition) is 2. The van der Waals surface area contributed by atoms with Crippen LogP contribution >= 0.6 is 39.1 Å². The summed E-state index contributed by atoms with van der Waals surface area (Å²) in [7, 11) is 0.839. The van der Waals surface area contributed by atoms with Crippen LogP contribution in [0.4, 0.5) is 48.7 Å². The number of nitrogens with zero attached hydrogens (tertiary/aromatic N) is 1. The summed E-state index contributed by atoms with van der Waals surface area (Å²) in [6.07, 6.45) is -15.2. The number of alkyl halides is 9. The van der Waals surface area contributed by atoms with Crippen molar-refractivity contribution in [3.63, 3.8) is 0 Å². The lowest BCUT2D eigenvalue weighted by Gasteiger charge is -2.20. The first-order chi connectivity index (χ1) is 18.1. The minimum atomic E-state index is -5.31. The normalized spacial score (nSPS) is 13.7. The molecule has 0 aliphatic heterocycles. The smallest absolute Gasteiger partial charge is 0.329 e. The number of rotatable bonds is 7. The predicted molar refractivity (Wildman–Crippen MR) is 130 cm³/mol. The van der Waals surface area contributed by atoms with Gasteiger partial charge in [-0.05, 0) is 45.8 Å². The number of urea groups is 1. The van der Waals surface area contributed by atoms with Crippen molar-refractivity contribution in [3.8, 4) is 0 Å². The lowest BCUT2D eigenvalue weighted by Crippen LogP contribution is -2.43. The maximum atomic E-state index is 15.0. The summed E-state index contributed by atoms with van der Waals surface area (Å²) in [5, 5.41) is 0.930. The highest BCUT2D eigenvalue weighted by Gasteiger charge is 2.41. The topological polar surface area (TPSA) is 49.4 Å². The third-order valence-corrected chi connectivity index (χ3v) is 7.01. The van der Waals surface area contributed by atoms with Crippen molar-refractivity contribution >= 4 is 56.8 Å². The Morgan fingerprint density at radius 2 is 1.55 bits per heavy atom. The van der Waals surface area contributed by atoms with Gasteiger partial charge in [0, 0.05) is 18.2 Å². The van der Waals surface area contributed by atoms with Crippen LogP contribution in [0.2, 0.25) is 10.0 Å². The summed E-state index contributed by atoms with van der Waals surface area (Å²) in [6, 6.07) is 1.43. The van der Waals surface area contributed by atoms with Gasteiger partial charge in [-0.3, -0.25) is 4.79 Å². The Morgan fingerprint density at radius 3 is 2.02 bits per heavy atom. The molecule has 0 radical (unpaired) electrons. The number of benzene rings is 2. The van der Waals surface area contributed by atoms with E-state index in [1.54, 1.807) is 0 Å². The number of Topliss-reactive ketones (excluding diaryl/α,β-unsaturated/α-hetero) is 1. The Morgan fingerprint density at radius 1 is 1.00 bits per heavy atom. The Labute approximate surface area is 238 Å². The van der Waals surface area contributed by atoms with E-state index in [-0.39, 0.29) is 26.7 Å². The summed E-state index contributed by atoms with van der Waals surface area (Å²) in [6.45, 7) is -2.87. The Kier molecular flexibility index (Phi) is 10.6. The van der Waals surface area contributed by atoms with Gasteiger partial charge in [0.05, 0.1) is 26.6 Å². The van der Waals surface area contributed by atoms with Crippen LogP contribution in [-0.4, -0.2) is 49.2 Å². The van der Waals surface area contributed by atoms with Gasteiger partial charge in [0.15, 0.2) is 5.78 Å². The van der Waals surface area contributed by atoms with Crippen molar-refractivity contribution in [1.29, 1.82) is 0 Å². The van der Waals surface area contributed by atoms with Crippen LogP contribution in [-0.2, 0) is 6.18 Å². The van der Waals surface area contributed by atoms with E-state index < -0.39 is 77.4 Å². The maximum absolute atomic E-state index is 15.0. The second-order valence-corrected chi connectivity index (χ2v) is 9.75. The lowest BCUT2D eigenvalue weighted by molar-refractivity contribution is -0.140. The standard InChI is InChI=1S/C23H15BrCl2F10N2O2/c1-38(20(40)37-9-21(28,29)30)8-18(39)12-3-2-10(4-14(12)23(34,35)36)17(27)7-13(22(31,32)33)11-5-15(25)19(24)16(26)6-11/h2-7,13H,8-9H2,1H3,(H,37,40)/b17-7-. The zero-order valence-corrected chi connectivity index (χ0v) is 22.7. The molecule has 4 nitrogen and oxygen atoms in total. The van der Waals surface area contributed by atoms with Crippen molar-refractivity contribution in [3.05, 3.63) is 73.2 Å². The van der Waals surface area contributed by atoms with Crippen molar-refractivity contribution in [2.75, 3.05) is 20.1 Å². The maximum Gasteiger partial charge on any atom is 0.417 e. The van der Waals surface area contributed by atoms with Gasteiger partial charge in [-0.1, -0.05) is 35.3 Å². The number of nitrogens with one attached hydrogen (secondary N) is 1. The molecule has 40 heavy (non-hydrogen) atoms. The first-order valence-corrected chi connectivity index (χ1v) is 12.1. The molecule has 17 heteroatoms. The minimum absolute atomic E-state index is 0.00560. The number of likely N-dealkylation sites (N-methyl/N-ethyl adjacent to an activating group) is 1. The molecule has 2 rings (SSSR count). The van der Waals surface area contributed by atoms with Crippen LogP contribution in [0.25, 0.3) is 5.83 Å². The molecule has 0 fully saturated rings. The van der Waals surface area contributed by atoms with E-state index in [4.69, 9.17) is 23.2 Å². The first-order valence-electron chi connectivity index (χ1n) is 10.5. The number of amides is 2. The molecule has 1 N–H and O–H groups in total. The zero-order valence-electron chi connectivity index (χ0n) is 19.6.